The van der Waals surface area contributed by atoms with Crippen molar-refractivity contribution in [3.63, 3.8) is 0 Å². The Hall–Kier alpha value is -0.700. The standard InChI is InChI=1S/C15H29N3O4S/c1-4-18(13-5-8-23(20,21)12-13)15(19)11-17-6-7-22-14(10-17)9-16(2)3/h13-14H,4-12H2,1-3H3/t13-,14-/m0/s1. The van der Waals surface area contributed by atoms with Crippen LogP contribution in [0.1, 0.15) is 13.3 Å². The summed E-state index contributed by atoms with van der Waals surface area (Å²) in [5, 5.41) is 0. The van der Waals surface area contributed by atoms with E-state index in [1.807, 2.05) is 21.0 Å². The summed E-state index contributed by atoms with van der Waals surface area (Å²) in [4.78, 5) is 18.5. The summed E-state index contributed by atoms with van der Waals surface area (Å²) in [7, 11) is 1.04. The van der Waals surface area contributed by atoms with Crippen molar-refractivity contribution in [3.8, 4) is 0 Å². The second-order valence-electron chi connectivity index (χ2n) is 6.73. The van der Waals surface area contributed by atoms with E-state index in [1.54, 1.807) is 4.90 Å². The van der Waals surface area contributed by atoms with Crippen molar-refractivity contribution in [2.75, 3.05) is 64.9 Å². The highest BCUT2D eigenvalue weighted by Gasteiger charge is 2.34. The van der Waals surface area contributed by atoms with Crippen LogP contribution in [0.4, 0.5) is 0 Å². The van der Waals surface area contributed by atoms with E-state index in [1.165, 1.54) is 0 Å². The van der Waals surface area contributed by atoms with E-state index in [0.29, 0.717) is 26.1 Å². The van der Waals surface area contributed by atoms with Crippen LogP contribution in [0.2, 0.25) is 0 Å². The van der Waals surface area contributed by atoms with E-state index in [9.17, 15) is 13.2 Å². The SMILES string of the molecule is CCN(C(=O)CN1CCO[C@@H](CN(C)C)C1)[C@H]1CCS(=O)(=O)C1. The maximum atomic E-state index is 12.6. The molecule has 2 fully saturated rings. The van der Waals surface area contributed by atoms with Crippen LogP contribution < -0.4 is 0 Å². The number of carbonyl (C=O) groups excluding carboxylic acids is 1. The summed E-state index contributed by atoms with van der Waals surface area (Å²) in [5.41, 5.74) is 0. The molecular formula is C15H29N3O4S. The lowest BCUT2D eigenvalue weighted by molar-refractivity contribution is -0.136. The number of amides is 1. The summed E-state index contributed by atoms with van der Waals surface area (Å²) < 4.78 is 29.0. The molecule has 8 heteroatoms. The van der Waals surface area contributed by atoms with Crippen LogP contribution in [-0.2, 0) is 19.4 Å². The summed E-state index contributed by atoms with van der Waals surface area (Å²) in [5.74, 6) is 0.336. The summed E-state index contributed by atoms with van der Waals surface area (Å²) in [6, 6.07) is -0.156. The molecule has 2 rings (SSSR count). The fourth-order valence-electron chi connectivity index (χ4n) is 3.38. The lowest BCUT2D eigenvalue weighted by Gasteiger charge is -2.35. The fourth-order valence-corrected chi connectivity index (χ4v) is 5.11. The molecular weight excluding hydrogens is 318 g/mol. The van der Waals surface area contributed by atoms with Gasteiger partial charge in [-0.1, -0.05) is 0 Å². The van der Waals surface area contributed by atoms with E-state index in [0.717, 1.165) is 19.6 Å². The Bertz CT molecular complexity index is 509. The van der Waals surface area contributed by atoms with Gasteiger partial charge < -0.3 is 14.5 Å². The molecule has 134 valence electrons. The van der Waals surface area contributed by atoms with Gasteiger partial charge in [0.25, 0.3) is 0 Å². The Morgan fingerprint density at radius 2 is 2.09 bits per heavy atom. The minimum absolute atomic E-state index is 0.0279. The molecule has 0 saturated carbocycles. The number of likely N-dealkylation sites (N-methyl/N-ethyl adjacent to an activating group) is 2. The predicted molar refractivity (Wildman–Crippen MR) is 89.2 cm³/mol. The molecule has 2 aliphatic heterocycles. The van der Waals surface area contributed by atoms with E-state index in [-0.39, 0.29) is 29.6 Å². The average molecular weight is 347 g/mol. The van der Waals surface area contributed by atoms with Gasteiger partial charge in [-0.3, -0.25) is 9.69 Å². The van der Waals surface area contributed by atoms with Gasteiger partial charge in [-0.15, -0.1) is 0 Å². The highest BCUT2D eigenvalue weighted by molar-refractivity contribution is 7.91. The highest BCUT2D eigenvalue weighted by Crippen LogP contribution is 2.18. The molecule has 2 heterocycles. The first-order chi connectivity index (χ1) is 10.8. The Labute approximate surface area is 139 Å². The molecule has 0 aliphatic carbocycles. The minimum atomic E-state index is -2.97. The van der Waals surface area contributed by atoms with Crippen molar-refractivity contribution in [3.05, 3.63) is 0 Å². The molecule has 2 aliphatic rings. The van der Waals surface area contributed by atoms with Crippen LogP contribution >= 0.6 is 0 Å². The minimum Gasteiger partial charge on any atom is -0.374 e. The number of carbonyl (C=O) groups is 1. The molecule has 2 saturated heterocycles. The smallest absolute Gasteiger partial charge is 0.237 e. The second kappa shape index (κ2) is 7.92. The van der Waals surface area contributed by atoms with Gasteiger partial charge in [-0.05, 0) is 27.4 Å². The molecule has 0 unspecified atom stereocenters. The quantitative estimate of drug-likeness (QED) is 0.632. The van der Waals surface area contributed by atoms with Crippen LogP contribution in [0.5, 0.6) is 0 Å². The second-order valence-corrected chi connectivity index (χ2v) is 8.96. The molecule has 0 bridgehead atoms. The molecule has 0 aromatic carbocycles. The third-order valence-corrected chi connectivity index (χ3v) is 6.21. The Kier molecular flexibility index (Phi) is 6.41. The maximum Gasteiger partial charge on any atom is 0.237 e. The first kappa shape index (κ1) is 18.6. The number of sulfone groups is 1. The highest BCUT2D eigenvalue weighted by atomic mass is 32.2. The number of hydrogen-bond donors (Lipinski definition) is 0. The number of hydrogen-bond acceptors (Lipinski definition) is 6. The van der Waals surface area contributed by atoms with Crippen molar-refractivity contribution in [1.29, 1.82) is 0 Å². The van der Waals surface area contributed by atoms with E-state index < -0.39 is 9.84 Å². The van der Waals surface area contributed by atoms with Crippen molar-refractivity contribution in [1.82, 2.24) is 14.7 Å². The Morgan fingerprint density at radius 3 is 2.65 bits per heavy atom. The van der Waals surface area contributed by atoms with Gasteiger partial charge >= 0.3 is 0 Å². The van der Waals surface area contributed by atoms with Gasteiger partial charge in [0.05, 0.1) is 30.8 Å². The van der Waals surface area contributed by atoms with Crippen LogP contribution in [0.25, 0.3) is 0 Å². The number of nitrogens with zero attached hydrogens (tertiary/aromatic N) is 3. The van der Waals surface area contributed by atoms with E-state index >= 15 is 0 Å². The largest absolute Gasteiger partial charge is 0.374 e. The molecule has 1 amide bonds. The number of ether oxygens (including phenoxy) is 1. The molecule has 0 radical (unpaired) electrons. The van der Waals surface area contributed by atoms with Gasteiger partial charge in [-0.25, -0.2) is 8.42 Å². The fraction of sp³-hybridized carbons (Fsp3) is 0.933. The monoisotopic (exact) mass is 347 g/mol. The normalized spacial score (nSPS) is 28.2. The van der Waals surface area contributed by atoms with Gasteiger partial charge in [0.1, 0.15) is 0 Å². The van der Waals surface area contributed by atoms with Gasteiger partial charge in [0.15, 0.2) is 9.84 Å². The molecule has 23 heavy (non-hydrogen) atoms. The number of rotatable bonds is 6. The van der Waals surface area contributed by atoms with E-state index in [2.05, 4.69) is 9.80 Å². The lowest BCUT2D eigenvalue weighted by Crippen LogP contribution is -2.51. The van der Waals surface area contributed by atoms with Crippen LogP contribution in [0, 0.1) is 0 Å². The third kappa shape index (κ3) is 5.41. The first-order valence-electron chi connectivity index (χ1n) is 8.29. The topological polar surface area (TPSA) is 70.2 Å². The average Bonchev–Trinajstić information content (AvgIpc) is 2.79. The van der Waals surface area contributed by atoms with Gasteiger partial charge in [0, 0.05) is 32.2 Å². The molecule has 0 aromatic rings. The summed E-state index contributed by atoms with van der Waals surface area (Å²) in [6.07, 6.45) is 0.683. The van der Waals surface area contributed by atoms with Gasteiger partial charge in [-0.2, -0.15) is 0 Å². The Balaban J connectivity index is 1.89. The van der Waals surface area contributed by atoms with Crippen LogP contribution in [-0.4, -0.2) is 106 Å². The van der Waals surface area contributed by atoms with Crippen LogP contribution in [0.15, 0.2) is 0 Å². The zero-order chi connectivity index (χ0) is 17.0. The lowest BCUT2D eigenvalue weighted by atomic mass is 10.2. The zero-order valence-corrected chi connectivity index (χ0v) is 15.2. The van der Waals surface area contributed by atoms with Crippen molar-refractivity contribution in [2.45, 2.75) is 25.5 Å². The first-order valence-corrected chi connectivity index (χ1v) is 10.1. The number of morpholine rings is 1. The maximum absolute atomic E-state index is 12.6. The van der Waals surface area contributed by atoms with Crippen molar-refractivity contribution >= 4 is 15.7 Å². The Morgan fingerprint density at radius 1 is 1.35 bits per heavy atom. The van der Waals surface area contributed by atoms with Crippen molar-refractivity contribution < 1.29 is 17.9 Å². The van der Waals surface area contributed by atoms with Crippen LogP contribution in [0.3, 0.4) is 0 Å². The zero-order valence-electron chi connectivity index (χ0n) is 14.4. The summed E-state index contributed by atoms with van der Waals surface area (Å²) >= 11 is 0. The third-order valence-electron chi connectivity index (χ3n) is 4.46. The molecule has 2 atom stereocenters. The molecule has 7 nitrogen and oxygen atoms in total. The van der Waals surface area contributed by atoms with E-state index in [4.69, 9.17) is 4.74 Å². The molecule has 0 N–H and O–H groups in total. The molecule has 0 aromatic heterocycles. The van der Waals surface area contributed by atoms with Crippen molar-refractivity contribution in [2.24, 2.45) is 0 Å². The predicted octanol–water partition coefficient (Wildman–Crippen LogP) is -0.716. The summed E-state index contributed by atoms with van der Waals surface area (Å²) in [6.45, 7) is 5.78. The molecule has 0 spiro atoms. The van der Waals surface area contributed by atoms with Gasteiger partial charge in [0.2, 0.25) is 5.91 Å².